The molecule has 2 aliphatic heterocycles. The Morgan fingerprint density at radius 3 is 2.32 bits per heavy atom. The Kier molecular flexibility index (Phi) is 6.04. The molecule has 0 spiro atoms. The lowest BCUT2D eigenvalue weighted by Gasteiger charge is -2.37. The molecule has 1 aromatic rings. The molecule has 2 fully saturated rings. The molecule has 1 unspecified atom stereocenters. The first-order chi connectivity index (χ1) is 12.1. The van der Waals surface area contributed by atoms with Crippen LogP contribution in [0.15, 0.2) is 30.3 Å². The van der Waals surface area contributed by atoms with E-state index in [1.807, 2.05) is 6.07 Å². The van der Waals surface area contributed by atoms with Gasteiger partial charge in [0, 0.05) is 39.3 Å². The Morgan fingerprint density at radius 2 is 1.64 bits per heavy atom. The molecule has 1 atom stereocenters. The minimum absolute atomic E-state index is 0.0383. The van der Waals surface area contributed by atoms with Crippen LogP contribution in [-0.4, -0.2) is 77.0 Å². The predicted molar refractivity (Wildman–Crippen MR) is 95.1 cm³/mol. The second-order valence-corrected chi connectivity index (χ2v) is 6.97. The number of aliphatic carboxylic acids is 1. The van der Waals surface area contributed by atoms with Gasteiger partial charge in [-0.05, 0) is 24.8 Å². The molecule has 6 nitrogen and oxygen atoms in total. The highest BCUT2D eigenvalue weighted by Gasteiger charge is 2.32. The van der Waals surface area contributed by atoms with Crippen LogP contribution in [0.2, 0.25) is 0 Å². The number of benzene rings is 1. The van der Waals surface area contributed by atoms with Gasteiger partial charge in [0.2, 0.25) is 5.91 Å². The van der Waals surface area contributed by atoms with Gasteiger partial charge in [0.15, 0.2) is 0 Å². The Bertz CT molecular complexity index is 585. The maximum absolute atomic E-state index is 12.6. The SMILES string of the molecule is O=C(O)C1CCCCN1C(=O)CN1CCN(Cc2ccccc2)CC1. The van der Waals surface area contributed by atoms with E-state index in [1.165, 1.54) is 5.56 Å². The van der Waals surface area contributed by atoms with E-state index in [1.54, 1.807) is 4.90 Å². The molecule has 0 bridgehead atoms. The first-order valence-electron chi connectivity index (χ1n) is 9.14. The van der Waals surface area contributed by atoms with Crippen molar-refractivity contribution >= 4 is 11.9 Å². The standard InChI is InChI=1S/C19H27N3O3/c23-18(22-9-5-4-8-17(22)19(24)25)15-21-12-10-20(11-13-21)14-16-6-2-1-3-7-16/h1-3,6-7,17H,4-5,8-15H2,(H,24,25). The molecule has 0 saturated carbocycles. The van der Waals surface area contributed by atoms with Crippen molar-refractivity contribution in [1.82, 2.24) is 14.7 Å². The third kappa shape index (κ3) is 4.80. The van der Waals surface area contributed by atoms with Gasteiger partial charge in [0.1, 0.15) is 6.04 Å². The Morgan fingerprint density at radius 1 is 0.960 bits per heavy atom. The molecule has 3 rings (SSSR count). The summed E-state index contributed by atoms with van der Waals surface area (Å²) in [5.74, 6) is -0.913. The van der Waals surface area contributed by atoms with E-state index < -0.39 is 12.0 Å². The number of piperidine rings is 1. The fraction of sp³-hybridized carbons (Fsp3) is 0.579. The van der Waals surface area contributed by atoms with Crippen molar-refractivity contribution in [3.05, 3.63) is 35.9 Å². The van der Waals surface area contributed by atoms with E-state index in [0.29, 0.717) is 19.5 Å². The predicted octanol–water partition coefficient (Wildman–Crippen LogP) is 1.27. The maximum Gasteiger partial charge on any atom is 0.326 e. The zero-order valence-corrected chi connectivity index (χ0v) is 14.6. The number of hydrogen-bond donors (Lipinski definition) is 1. The quantitative estimate of drug-likeness (QED) is 0.871. The molecule has 1 N–H and O–H groups in total. The van der Waals surface area contributed by atoms with E-state index in [4.69, 9.17) is 0 Å². The summed E-state index contributed by atoms with van der Waals surface area (Å²) in [5.41, 5.74) is 1.31. The first kappa shape index (κ1) is 17.9. The van der Waals surface area contributed by atoms with Gasteiger partial charge in [-0.3, -0.25) is 14.6 Å². The number of likely N-dealkylation sites (tertiary alicyclic amines) is 1. The van der Waals surface area contributed by atoms with E-state index >= 15 is 0 Å². The van der Waals surface area contributed by atoms with Gasteiger partial charge >= 0.3 is 5.97 Å². The van der Waals surface area contributed by atoms with Crippen molar-refractivity contribution in [1.29, 1.82) is 0 Å². The second-order valence-electron chi connectivity index (χ2n) is 6.97. The van der Waals surface area contributed by atoms with E-state index in [2.05, 4.69) is 34.1 Å². The van der Waals surface area contributed by atoms with Crippen LogP contribution in [0.3, 0.4) is 0 Å². The Labute approximate surface area is 149 Å². The summed E-state index contributed by atoms with van der Waals surface area (Å²) in [5, 5.41) is 9.32. The molecule has 0 aliphatic carbocycles. The fourth-order valence-corrected chi connectivity index (χ4v) is 3.72. The lowest BCUT2D eigenvalue weighted by Crippen LogP contribution is -2.54. The van der Waals surface area contributed by atoms with Crippen LogP contribution in [0.4, 0.5) is 0 Å². The molecule has 6 heteroatoms. The van der Waals surface area contributed by atoms with Crippen molar-refractivity contribution in [3.8, 4) is 0 Å². The lowest BCUT2D eigenvalue weighted by molar-refractivity contribution is -0.152. The van der Waals surface area contributed by atoms with E-state index in [0.717, 1.165) is 45.6 Å². The molecule has 2 heterocycles. The van der Waals surface area contributed by atoms with Gasteiger partial charge in [-0.1, -0.05) is 30.3 Å². The number of carbonyl (C=O) groups is 2. The monoisotopic (exact) mass is 345 g/mol. The highest BCUT2D eigenvalue weighted by Crippen LogP contribution is 2.18. The summed E-state index contributed by atoms with van der Waals surface area (Å²) in [6.07, 6.45) is 2.37. The van der Waals surface area contributed by atoms with Crippen molar-refractivity contribution in [2.24, 2.45) is 0 Å². The maximum atomic E-state index is 12.6. The fourth-order valence-electron chi connectivity index (χ4n) is 3.72. The van der Waals surface area contributed by atoms with Crippen LogP contribution in [0.25, 0.3) is 0 Å². The number of nitrogens with zero attached hydrogens (tertiary/aromatic N) is 3. The summed E-state index contributed by atoms with van der Waals surface area (Å²) in [6.45, 7) is 5.42. The molecule has 0 aromatic heterocycles. The zero-order valence-electron chi connectivity index (χ0n) is 14.6. The summed E-state index contributed by atoms with van der Waals surface area (Å²) in [7, 11) is 0. The van der Waals surface area contributed by atoms with Crippen LogP contribution in [0.1, 0.15) is 24.8 Å². The average Bonchev–Trinajstić information content (AvgIpc) is 2.64. The van der Waals surface area contributed by atoms with Gasteiger partial charge in [-0.2, -0.15) is 0 Å². The van der Waals surface area contributed by atoms with Crippen LogP contribution >= 0.6 is 0 Å². The largest absolute Gasteiger partial charge is 0.480 e. The van der Waals surface area contributed by atoms with Crippen LogP contribution in [0.5, 0.6) is 0 Å². The van der Waals surface area contributed by atoms with Crippen molar-refractivity contribution in [3.63, 3.8) is 0 Å². The summed E-state index contributed by atoms with van der Waals surface area (Å²) >= 11 is 0. The zero-order chi connectivity index (χ0) is 17.6. The normalized spacial score (nSPS) is 22.7. The minimum atomic E-state index is -0.874. The summed E-state index contributed by atoms with van der Waals surface area (Å²) in [4.78, 5) is 30.0. The van der Waals surface area contributed by atoms with E-state index in [-0.39, 0.29) is 5.91 Å². The first-order valence-corrected chi connectivity index (χ1v) is 9.14. The molecule has 0 radical (unpaired) electrons. The molecule has 25 heavy (non-hydrogen) atoms. The summed E-state index contributed by atoms with van der Waals surface area (Å²) in [6, 6.07) is 9.78. The molecule has 2 aliphatic rings. The van der Waals surface area contributed by atoms with Crippen LogP contribution in [-0.2, 0) is 16.1 Å². The van der Waals surface area contributed by atoms with Gasteiger partial charge in [-0.25, -0.2) is 4.79 Å². The number of piperazine rings is 1. The van der Waals surface area contributed by atoms with Crippen LogP contribution in [0, 0.1) is 0 Å². The summed E-state index contributed by atoms with van der Waals surface area (Å²) < 4.78 is 0. The topological polar surface area (TPSA) is 64.1 Å². The smallest absolute Gasteiger partial charge is 0.326 e. The van der Waals surface area contributed by atoms with Crippen molar-refractivity contribution in [2.75, 3.05) is 39.3 Å². The molecule has 1 amide bonds. The molecule has 2 saturated heterocycles. The molecular formula is C19H27N3O3. The Balaban J connectivity index is 1.46. The van der Waals surface area contributed by atoms with Gasteiger partial charge < -0.3 is 10.0 Å². The highest BCUT2D eigenvalue weighted by molar-refractivity contribution is 5.85. The van der Waals surface area contributed by atoms with Crippen molar-refractivity contribution < 1.29 is 14.7 Å². The number of rotatable bonds is 5. The number of carboxylic acids is 1. The Hall–Kier alpha value is -1.92. The van der Waals surface area contributed by atoms with Gasteiger partial charge in [0.25, 0.3) is 0 Å². The third-order valence-electron chi connectivity index (χ3n) is 5.18. The number of hydrogen-bond acceptors (Lipinski definition) is 4. The lowest BCUT2D eigenvalue weighted by atomic mass is 10.0. The van der Waals surface area contributed by atoms with E-state index in [9.17, 15) is 14.7 Å². The number of carboxylic acid groups (broad SMARTS) is 1. The van der Waals surface area contributed by atoms with Crippen molar-refractivity contribution in [2.45, 2.75) is 31.8 Å². The van der Waals surface area contributed by atoms with Crippen LogP contribution < -0.4 is 0 Å². The average molecular weight is 345 g/mol. The number of carbonyl (C=O) groups excluding carboxylic acids is 1. The second kappa shape index (κ2) is 8.45. The highest BCUT2D eigenvalue weighted by atomic mass is 16.4. The van der Waals surface area contributed by atoms with Gasteiger partial charge in [-0.15, -0.1) is 0 Å². The number of amides is 1. The molecule has 1 aromatic carbocycles. The van der Waals surface area contributed by atoms with Gasteiger partial charge in [0.05, 0.1) is 6.54 Å². The third-order valence-corrected chi connectivity index (χ3v) is 5.18. The molecule has 136 valence electrons. The minimum Gasteiger partial charge on any atom is -0.480 e. The molecular weight excluding hydrogens is 318 g/mol.